The SMILES string of the molecule is Cc1oc(CNC(=O)NC(C)C(C)(C)C)cc1C(=O)O. The van der Waals surface area contributed by atoms with E-state index in [0.29, 0.717) is 11.5 Å². The lowest BCUT2D eigenvalue weighted by molar-refractivity contribution is 0.0695. The molecule has 1 atom stereocenters. The average Bonchev–Trinajstić information content (AvgIpc) is 2.66. The highest BCUT2D eigenvalue weighted by molar-refractivity contribution is 5.88. The second-order valence-corrected chi connectivity index (χ2v) is 5.90. The van der Waals surface area contributed by atoms with Crippen molar-refractivity contribution in [1.82, 2.24) is 10.6 Å². The fraction of sp³-hybridized carbons (Fsp3) is 0.571. The number of amides is 2. The Bertz CT molecular complexity index is 500. The average molecular weight is 282 g/mol. The summed E-state index contributed by atoms with van der Waals surface area (Å²) < 4.78 is 5.28. The molecule has 0 aromatic carbocycles. The Morgan fingerprint density at radius 3 is 2.45 bits per heavy atom. The molecule has 1 unspecified atom stereocenters. The van der Waals surface area contributed by atoms with Crippen LogP contribution in [-0.2, 0) is 6.54 Å². The molecule has 6 heteroatoms. The lowest BCUT2D eigenvalue weighted by Gasteiger charge is -2.27. The molecule has 0 bridgehead atoms. The summed E-state index contributed by atoms with van der Waals surface area (Å²) in [6.07, 6.45) is 0. The molecule has 0 radical (unpaired) electrons. The molecular formula is C14H22N2O4. The van der Waals surface area contributed by atoms with Crippen molar-refractivity contribution in [2.24, 2.45) is 5.41 Å². The molecule has 2 amide bonds. The molecule has 1 aromatic rings. The molecule has 0 aliphatic carbocycles. The van der Waals surface area contributed by atoms with Crippen LogP contribution in [0.5, 0.6) is 0 Å². The predicted octanol–water partition coefficient (Wildman–Crippen LogP) is 2.52. The first-order valence-electron chi connectivity index (χ1n) is 6.48. The molecule has 6 nitrogen and oxygen atoms in total. The molecule has 0 spiro atoms. The van der Waals surface area contributed by atoms with Crippen LogP contribution in [0.1, 0.15) is 49.6 Å². The van der Waals surface area contributed by atoms with E-state index in [1.165, 1.54) is 6.07 Å². The lowest BCUT2D eigenvalue weighted by atomic mass is 9.88. The number of aryl methyl sites for hydroxylation is 1. The van der Waals surface area contributed by atoms with E-state index in [2.05, 4.69) is 10.6 Å². The van der Waals surface area contributed by atoms with Gasteiger partial charge >= 0.3 is 12.0 Å². The molecule has 1 heterocycles. The standard InChI is InChI=1S/C14H22N2O4/c1-8-11(12(17)18)6-10(20-8)7-15-13(19)16-9(2)14(3,4)5/h6,9H,7H2,1-5H3,(H,17,18)(H2,15,16,19). The largest absolute Gasteiger partial charge is 0.478 e. The molecule has 20 heavy (non-hydrogen) atoms. The first-order chi connectivity index (χ1) is 9.11. The minimum Gasteiger partial charge on any atom is -0.478 e. The van der Waals surface area contributed by atoms with Crippen molar-refractivity contribution in [3.63, 3.8) is 0 Å². The number of nitrogens with one attached hydrogen (secondary N) is 2. The Kier molecular flexibility index (Phi) is 4.81. The summed E-state index contributed by atoms with van der Waals surface area (Å²) in [6.45, 7) is 9.76. The van der Waals surface area contributed by atoms with Gasteiger partial charge in [-0.05, 0) is 25.3 Å². The van der Waals surface area contributed by atoms with Gasteiger partial charge in [0.05, 0.1) is 6.54 Å². The molecule has 0 aliphatic rings. The van der Waals surface area contributed by atoms with Crippen LogP contribution in [0.15, 0.2) is 10.5 Å². The lowest BCUT2D eigenvalue weighted by Crippen LogP contribution is -2.46. The summed E-state index contributed by atoms with van der Waals surface area (Å²) in [7, 11) is 0. The highest BCUT2D eigenvalue weighted by Gasteiger charge is 2.21. The number of carbonyl (C=O) groups is 2. The molecule has 1 aromatic heterocycles. The summed E-state index contributed by atoms with van der Waals surface area (Å²) in [4.78, 5) is 22.6. The minimum atomic E-state index is -1.04. The Labute approximate surface area is 118 Å². The minimum absolute atomic E-state index is 0.00965. The van der Waals surface area contributed by atoms with E-state index < -0.39 is 5.97 Å². The number of aromatic carboxylic acids is 1. The number of hydrogen-bond acceptors (Lipinski definition) is 3. The van der Waals surface area contributed by atoms with E-state index in [4.69, 9.17) is 9.52 Å². The van der Waals surface area contributed by atoms with Gasteiger partial charge < -0.3 is 20.2 Å². The number of carboxylic acid groups (broad SMARTS) is 1. The van der Waals surface area contributed by atoms with E-state index in [-0.39, 0.29) is 29.6 Å². The molecule has 3 N–H and O–H groups in total. The summed E-state index contributed by atoms with van der Waals surface area (Å²) in [6, 6.07) is 1.12. The number of urea groups is 1. The number of hydrogen-bond donors (Lipinski definition) is 3. The maximum absolute atomic E-state index is 11.7. The van der Waals surface area contributed by atoms with Crippen molar-refractivity contribution in [1.29, 1.82) is 0 Å². The third-order valence-corrected chi connectivity index (χ3v) is 3.27. The van der Waals surface area contributed by atoms with E-state index >= 15 is 0 Å². The first-order valence-corrected chi connectivity index (χ1v) is 6.48. The third-order valence-electron chi connectivity index (χ3n) is 3.27. The monoisotopic (exact) mass is 282 g/mol. The zero-order valence-corrected chi connectivity index (χ0v) is 12.5. The Morgan fingerprint density at radius 1 is 1.40 bits per heavy atom. The van der Waals surface area contributed by atoms with Gasteiger partial charge in [-0.2, -0.15) is 0 Å². The van der Waals surface area contributed by atoms with Gasteiger partial charge in [0.25, 0.3) is 0 Å². The highest BCUT2D eigenvalue weighted by atomic mass is 16.4. The zero-order chi connectivity index (χ0) is 15.5. The van der Waals surface area contributed by atoms with Crippen LogP contribution in [0.3, 0.4) is 0 Å². The van der Waals surface area contributed by atoms with Gasteiger partial charge in [-0.1, -0.05) is 20.8 Å². The van der Waals surface area contributed by atoms with Crippen molar-refractivity contribution in [3.05, 3.63) is 23.2 Å². The normalized spacial score (nSPS) is 12.8. The number of carbonyl (C=O) groups excluding carboxylic acids is 1. The van der Waals surface area contributed by atoms with Crippen LogP contribution in [0, 0.1) is 12.3 Å². The van der Waals surface area contributed by atoms with E-state index in [9.17, 15) is 9.59 Å². The van der Waals surface area contributed by atoms with Gasteiger partial charge in [-0.3, -0.25) is 0 Å². The van der Waals surface area contributed by atoms with E-state index in [1.54, 1.807) is 6.92 Å². The van der Waals surface area contributed by atoms with Crippen LogP contribution in [0.25, 0.3) is 0 Å². The Balaban J connectivity index is 2.53. The summed E-state index contributed by atoms with van der Waals surface area (Å²) in [5.74, 6) is -0.292. The van der Waals surface area contributed by atoms with E-state index in [0.717, 1.165) is 0 Å². The van der Waals surface area contributed by atoms with Crippen LogP contribution in [0.4, 0.5) is 4.79 Å². The summed E-state index contributed by atoms with van der Waals surface area (Å²) in [5.41, 5.74) is 0.0833. The molecule has 0 saturated carbocycles. The maximum atomic E-state index is 11.7. The van der Waals surface area contributed by atoms with Gasteiger partial charge in [0.15, 0.2) is 0 Å². The molecule has 0 fully saturated rings. The van der Waals surface area contributed by atoms with Gasteiger partial charge in [0.1, 0.15) is 17.1 Å². The first kappa shape index (κ1) is 16.1. The molecule has 0 aliphatic heterocycles. The Morgan fingerprint density at radius 2 is 2.00 bits per heavy atom. The van der Waals surface area contributed by atoms with Gasteiger partial charge in [0, 0.05) is 6.04 Å². The van der Waals surface area contributed by atoms with Crippen molar-refractivity contribution in [2.45, 2.75) is 47.2 Å². The van der Waals surface area contributed by atoms with Crippen LogP contribution in [-0.4, -0.2) is 23.1 Å². The van der Waals surface area contributed by atoms with Gasteiger partial charge in [-0.25, -0.2) is 9.59 Å². The second kappa shape index (κ2) is 5.98. The van der Waals surface area contributed by atoms with Crippen molar-refractivity contribution in [3.8, 4) is 0 Å². The molecular weight excluding hydrogens is 260 g/mol. The third kappa shape index (κ3) is 4.29. The second-order valence-electron chi connectivity index (χ2n) is 5.90. The highest BCUT2D eigenvalue weighted by Crippen LogP contribution is 2.18. The Hall–Kier alpha value is -1.98. The van der Waals surface area contributed by atoms with Crippen LogP contribution < -0.4 is 10.6 Å². The van der Waals surface area contributed by atoms with Crippen molar-refractivity contribution < 1.29 is 19.1 Å². The van der Waals surface area contributed by atoms with Gasteiger partial charge in [-0.15, -0.1) is 0 Å². The topological polar surface area (TPSA) is 91.6 Å². The summed E-state index contributed by atoms with van der Waals surface area (Å²) >= 11 is 0. The zero-order valence-electron chi connectivity index (χ0n) is 12.5. The van der Waals surface area contributed by atoms with Crippen LogP contribution in [0.2, 0.25) is 0 Å². The molecule has 0 saturated heterocycles. The predicted molar refractivity (Wildman–Crippen MR) is 74.7 cm³/mol. The van der Waals surface area contributed by atoms with Crippen molar-refractivity contribution >= 4 is 12.0 Å². The fourth-order valence-electron chi connectivity index (χ4n) is 1.47. The number of furan rings is 1. The van der Waals surface area contributed by atoms with Gasteiger partial charge in [0.2, 0.25) is 0 Å². The van der Waals surface area contributed by atoms with E-state index in [1.807, 2.05) is 27.7 Å². The van der Waals surface area contributed by atoms with Crippen LogP contribution >= 0.6 is 0 Å². The number of rotatable bonds is 4. The summed E-state index contributed by atoms with van der Waals surface area (Å²) in [5, 5.41) is 14.4. The molecule has 1 rings (SSSR count). The van der Waals surface area contributed by atoms with Crippen molar-refractivity contribution in [2.75, 3.05) is 0 Å². The molecule has 112 valence electrons. The smallest absolute Gasteiger partial charge is 0.339 e. The fourth-order valence-corrected chi connectivity index (χ4v) is 1.47. The maximum Gasteiger partial charge on any atom is 0.339 e. The quantitative estimate of drug-likeness (QED) is 0.791. The number of carboxylic acids is 1.